The number of benzene rings is 2. The molecular formula is C14H13OSi. The first-order valence-electron chi connectivity index (χ1n) is 5.21. The maximum absolute atomic E-state index is 9.52. The molecule has 0 bridgehead atoms. The van der Waals surface area contributed by atoms with Crippen LogP contribution in [-0.4, -0.2) is 15.3 Å². The standard InChI is InChI=1S/C14H13OSi/c1-9-7-11(15)8-10(2)14(9)12-5-3-4-6-13(12)16/h3-8,15H,1-2H3. The summed E-state index contributed by atoms with van der Waals surface area (Å²) in [5, 5.41) is 10.6. The lowest BCUT2D eigenvalue weighted by atomic mass is 9.95. The molecule has 2 heteroatoms. The third-order valence-electron chi connectivity index (χ3n) is 2.71. The normalized spacial score (nSPS) is 10.4. The smallest absolute Gasteiger partial charge is 0.116 e. The average Bonchev–Trinajstić information content (AvgIpc) is 2.19. The van der Waals surface area contributed by atoms with Gasteiger partial charge >= 0.3 is 0 Å². The second-order valence-electron chi connectivity index (χ2n) is 4.00. The summed E-state index contributed by atoms with van der Waals surface area (Å²) in [5.74, 6) is 0.324. The van der Waals surface area contributed by atoms with Crippen molar-refractivity contribution in [2.24, 2.45) is 0 Å². The highest BCUT2D eigenvalue weighted by atomic mass is 28.1. The molecule has 79 valence electrons. The Morgan fingerprint density at radius 3 is 2.12 bits per heavy atom. The van der Waals surface area contributed by atoms with Crippen LogP contribution in [0.15, 0.2) is 36.4 Å². The van der Waals surface area contributed by atoms with Crippen LogP contribution >= 0.6 is 0 Å². The number of aryl methyl sites for hydroxylation is 2. The summed E-state index contributed by atoms with van der Waals surface area (Å²) in [6.07, 6.45) is 0. The van der Waals surface area contributed by atoms with Crippen molar-refractivity contribution >= 4 is 15.4 Å². The second kappa shape index (κ2) is 4.14. The molecular weight excluding hydrogens is 212 g/mol. The zero-order valence-electron chi connectivity index (χ0n) is 9.41. The summed E-state index contributed by atoms with van der Waals surface area (Å²) in [4.78, 5) is 0. The van der Waals surface area contributed by atoms with Crippen LogP contribution in [0.3, 0.4) is 0 Å². The van der Waals surface area contributed by atoms with Gasteiger partial charge in [0.2, 0.25) is 0 Å². The topological polar surface area (TPSA) is 20.2 Å². The highest BCUT2D eigenvalue weighted by Gasteiger charge is 2.08. The number of rotatable bonds is 1. The van der Waals surface area contributed by atoms with Gasteiger partial charge in [-0.1, -0.05) is 29.5 Å². The molecule has 0 unspecified atom stereocenters. The molecule has 0 saturated carbocycles. The van der Waals surface area contributed by atoms with E-state index < -0.39 is 0 Å². The zero-order chi connectivity index (χ0) is 11.7. The largest absolute Gasteiger partial charge is 0.508 e. The highest BCUT2D eigenvalue weighted by molar-refractivity contribution is 6.36. The monoisotopic (exact) mass is 225 g/mol. The van der Waals surface area contributed by atoms with Gasteiger partial charge in [0, 0.05) is 0 Å². The van der Waals surface area contributed by atoms with Gasteiger partial charge in [-0.05, 0) is 48.2 Å². The maximum Gasteiger partial charge on any atom is 0.116 e. The van der Waals surface area contributed by atoms with Crippen molar-refractivity contribution < 1.29 is 5.11 Å². The van der Waals surface area contributed by atoms with Gasteiger partial charge in [-0.15, -0.1) is 0 Å². The van der Waals surface area contributed by atoms with Gasteiger partial charge in [0.15, 0.2) is 0 Å². The van der Waals surface area contributed by atoms with Crippen molar-refractivity contribution in [1.29, 1.82) is 0 Å². The first-order valence-corrected chi connectivity index (χ1v) is 5.71. The fourth-order valence-electron chi connectivity index (χ4n) is 2.07. The van der Waals surface area contributed by atoms with Crippen LogP contribution in [0.4, 0.5) is 0 Å². The summed E-state index contributed by atoms with van der Waals surface area (Å²) in [6.45, 7) is 4.03. The Hall–Kier alpha value is -1.54. The second-order valence-corrected chi connectivity index (χ2v) is 4.54. The highest BCUT2D eigenvalue weighted by Crippen LogP contribution is 2.29. The van der Waals surface area contributed by atoms with E-state index in [1.54, 1.807) is 12.1 Å². The van der Waals surface area contributed by atoms with Gasteiger partial charge in [0.25, 0.3) is 0 Å². The fourth-order valence-corrected chi connectivity index (χ4v) is 2.37. The molecule has 0 amide bonds. The zero-order valence-corrected chi connectivity index (χ0v) is 10.4. The fraction of sp³-hybridized carbons (Fsp3) is 0.143. The average molecular weight is 225 g/mol. The molecule has 0 spiro atoms. The van der Waals surface area contributed by atoms with Gasteiger partial charge in [-0.2, -0.15) is 0 Å². The van der Waals surface area contributed by atoms with Gasteiger partial charge < -0.3 is 5.11 Å². The molecule has 0 heterocycles. The molecule has 0 fully saturated rings. The molecule has 1 nitrogen and oxygen atoms in total. The molecule has 0 aliphatic heterocycles. The van der Waals surface area contributed by atoms with Crippen LogP contribution in [-0.2, 0) is 0 Å². The predicted molar refractivity (Wildman–Crippen MR) is 68.4 cm³/mol. The van der Waals surface area contributed by atoms with E-state index in [0.717, 1.165) is 21.9 Å². The first kappa shape index (κ1) is 11.0. The van der Waals surface area contributed by atoms with E-state index in [-0.39, 0.29) is 0 Å². The summed E-state index contributed by atoms with van der Waals surface area (Å²) in [5.41, 5.74) is 4.52. The molecule has 2 rings (SSSR count). The molecule has 0 aromatic heterocycles. The molecule has 0 aliphatic rings. The van der Waals surface area contributed by atoms with Gasteiger partial charge in [0.1, 0.15) is 5.75 Å². The number of aromatic hydroxyl groups is 1. The Morgan fingerprint density at radius 2 is 1.56 bits per heavy atom. The van der Waals surface area contributed by atoms with Gasteiger partial charge in [-0.3, -0.25) is 0 Å². The maximum atomic E-state index is 9.52. The SMILES string of the molecule is Cc1cc(O)cc(C)c1-c1ccccc1[Si]. The van der Waals surface area contributed by atoms with Crippen molar-refractivity contribution in [3.05, 3.63) is 47.5 Å². The number of hydrogen-bond donors (Lipinski definition) is 1. The predicted octanol–water partition coefficient (Wildman–Crippen LogP) is 2.47. The van der Waals surface area contributed by atoms with Crippen molar-refractivity contribution in [1.82, 2.24) is 0 Å². The molecule has 1 N–H and O–H groups in total. The third kappa shape index (κ3) is 1.88. The van der Waals surface area contributed by atoms with Crippen LogP contribution in [0.5, 0.6) is 5.75 Å². The van der Waals surface area contributed by atoms with Crippen LogP contribution < -0.4 is 5.19 Å². The molecule has 0 saturated heterocycles. The Morgan fingerprint density at radius 1 is 1.00 bits per heavy atom. The molecule has 0 atom stereocenters. The summed E-state index contributed by atoms with van der Waals surface area (Å²) in [6, 6.07) is 11.7. The molecule has 3 radical (unpaired) electrons. The lowest BCUT2D eigenvalue weighted by Crippen LogP contribution is -2.07. The van der Waals surface area contributed by atoms with Gasteiger partial charge in [0.05, 0.1) is 10.2 Å². The first-order chi connectivity index (χ1) is 7.59. The number of hydrogen-bond acceptors (Lipinski definition) is 1. The molecule has 2 aromatic rings. The minimum atomic E-state index is 0.324. The van der Waals surface area contributed by atoms with E-state index in [9.17, 15) is 5.11 Å². The quantitative estimate of drug-likeness (QED) is 0.739. The van der Waals surface area contributed by atoms with Crippen LogP contribution in [0, 0.1) is 13.8 Å². The Labute approximate surface area is 99.2 Å². The minimum absolute atomic E-state index is 0.324. The van der Waals surface area contributed by atoms with Crippen molar-refractivity contribution in [2.75, 3.05) is 0 Å². The number of phenols is 1. The van der Waals surface area contributed by atoms with E-state index in [2.05, 4.69) is 16.3 Å². The van der Waals surface area contributed by atoms with E-state index in [4.69, 9.17) is 0 Å². The summed E-state index contributed by atoms with van der Waals surface area (Å²) < 4.78 is 0. The molecule has 0 aliphatic carbocycles. The van der Waals surface area contributed by atoms with Crippen LogP contribution in [0.25, 0.3) is 11.1 Å². The number of phenolic OH excluding ortho intramolecular Hbond substituents is 1. The van der Waals surface area contributed by atoms with Crippen molar-refractivity contribution in [2.45, 2.75) is 13.8 Å². The molecule has 2 aromatic carbocycles. The Balaban J connectivity index is 2.70. The van der Waals surface area contributed by atoms with Crippen molar-refractivity contribution in [3.8, 4) is 16.9 Å². The van der Waals surface area contributed by atoms with E-state index >= 15 is 0 Å². The van der Waals surface area contributed by atoms with E-state index in [1.807, 2.05) is 32.0 Å². The Bertz CT molecular complexity index is 509. The Kier molecular flexibility index (Phi) is 2.84. The van der Waals surface area contributed by atoms with E-state index in [0.29, 0.717) is 5.75 Å². The third-order valence-corrected chi connectivity index (χ3v) is 3.15. The van der Waals surface area contributed by atoms with Crippen LogP contribution in [0.2, 0.25) is 0 Å². The lowest BCUT2D eigenvalue weighted by Gasteiger charge is -2.13. The van der Waals surface area contributed by atoms with Crippen LogP contribution in [0.1, 0.15) is 11.1 Å². The molecule has 16 heavy (non-hydrogen) atoms. The van der Waals surface area contributed by atoms with Crippen molar-refractivity contribution in [3.63, 3.8) is 0 Å². The van der Waals surface area contributed by atoms with E-state index in [1.165, 1.54) is 5.56 Å². The summed E-state index contributed by atoms with van der Waals surface area (Å²) >= 11 is 0. The minimum Gasteiger partial charge on any atom is -0.508 e. The van der Waals surface area contributed by atoms with Gasteiger partial charge in [-0.25, -0.2) is 0 Å². The lowest BCUT2D eigenvalue weighted by molar-refractivity contribution is 0.474. The summed E-state index contributed by atoms with van der Waals surface area (Å²) in [7, 11) is 3.61.